The summed E-state index contributed by atoms with van der Waals surface area (Å²) in [6, 6.07) is 9.44. The summed E-state index contributed by atoms with van der Waals surface area (Å²) >= 11 is 0. The zero-order chi connectivity index (χ0) is 14.4. The Labute approximate surface area is 120 Å². The standard InChI is InChI=1S/C17H21NO2/c18-12-8-16(19)15-6-4-5-14(13-15)7-11-17(20)9-2-1-3-10-17/h4-7,11,13,16,19-20H,1-3,8-10H2/b11-7+. The number of aliphatic hydroxyl groups is 2. The van der Waals surface area contributed by atoms with Crippen molar-refractivity contribution in [3.8, 4) is 6.07 Å². The first kappa shape index (κ1) is 14.8. The second kappa shape index (κ2) is 6.69. The maximum atomic E-state index is 10.4. The lowest BCUT2D eigenvalue weighted by Crippen LogP contribution is -2.28. The first-order valence-corrected chi connectivity index (χ1v) is 7.20. The van der Waals surface area contributed by atoms with Gasteiger partial charge >= 0.3 is 0 Å². The van der Waals surface area contributed by atoms with Gasteiger partial charge in [0.1, 0.15) is 0 Å². The van der Waals surface area contributed by atoms with Crippen molar-refractivity contribution < 1.29 is 10.2 Å². The van der Waals surface area contributed by atoms with Crippen LogP contribution < -0.4 is 0 Å². The van der Waals surface area contributed by atoms with E-state index in [0.717, 1.165) is 36.8 Å². The molecule has 0 bridgehead atoms. The van der Waals surface area contributed by atoms with E-state index in [2.05, 4.69) is 0 Å². The van der Waals surface area contributed by atoms with E-state index < -0.39 is 11.7 Å². The highest BCUT2D eigenvalue weighted by Gasteiger charge is 2.25. The quantitative estimate of drug-likeness (QED) is 0.882. The minimum absolute atomic E-state index is 0.0944. The minimum Gasteiger partial charge on any atom is -0.387 e. The maximum absolute atomic E-state index is 10.4. The number of hydrogen-bond acceptors (Lipinski definition) is 3. The highest BCUT2D eigenvalue weighted by Crippen LogP contribution is 2.30. The fraction of sp³-hybridized carbons (Fsp3) is 0.471. The zero-order valence-corrected chi connectivity index (χ0v) is 11.6. The smallest absolute Gasteiger partial charge is 0.0920 e. The minimum atomic E-state index is -0.744. The first-order valence-electron chi connectivity index (χ1n) is 7.20. The average Bonchev–Trinajstić information content (AvgIpc) is 2.47. The molecule has 0 heterocycles. The molecule has 0 saturated heterocycles. The Kier molecular flexibility index (Phi) is 4.94. The van der Waals surface area contributed by atoms with E-state index in [1.807, 2.05) is 42.5 Å². The van der Waals surface area contributed by atoms with Crippen molar-refractivity contribution in [2.45, 2.75) is 50.2 Å². The first-order chi connectivity index (χ1) is 9.63. The molecule has 106 valence electrons. The molecular formula is C17H21NO2. The van der Waals surface area contributed by atoms with Gasteiger partial charge in [0.15, 0.2) is 0 Å². The largest absolute Gasteiger partial charge is 0.387 e. The van der Waals surface area contributed by atoms with Gasteiger partial charge in [0, 0.05) is 0 Å². The topological polar surface area (TPSA) is 64.2 Å². The van der Waals surface area contributed by atoms with E-state index in [0.29, 0.717) is 0 Å². The lowest BCUT2D eigenvalue weighted by molar-refractivity contribution is 0.0521. The number of aliphatic hydroxyl groups excluding tert-OH is 1. The number of nitriles is 1. The van der Waals surface area contributed by atoms with Crippen LogP contribution in [0, 0.1) is 11.3 Å². The van der Waals surface area contributed by atoms with Crippen LogP contribution in [0.2, 0.25) is 0 Å². The van der Waals surface area contributed by atoms with Gasteiger partial charge in [-0.15, -0.1) is 0 Å². The van der Waals surface area contributed by atoms with Gasteiger partial charge in [0.25, 0.3) is 0 Å². The van der Waals surface area contributed by atoms with Crippen LogP contribution in [-0.4, -0.2) is 15.8 Å². The highest BCUT2D eigenvalue weighted by molar-refractivity contribution is 5.52. The normalized spacial score (nSPS) is 19.6. The number of rotatable bonds is 4. The molecule has 0 amide bonds. The van der Waals surface area contributed by atoms with E-state index in [4.69, 9.17) is 5.26 Å². The Bertz CT molecular complexity index is 510. The SMILES string of the molecule is N#CCC(O)c1cccc(/C=C/C2(O)CCCCC2)c1. The Hall–Kier alpha value is -1.63. The predicted molar refractivity (Wildman–Crippen MR) is 78.7 cm³/mol. The highest BCUT2D eigenvalue weighted by atomic mass is 16.3. The van der Waals surface area contributed by atoms with Crippen LogP contribution in [0.1, 0.15) is 55.8 Å². The Balaban J connectivity index is 2.09. The molecule has 1 aliphatic rings. The lowest BCUT2D eigenvalue weighted by Gasteiger charge is -2.28. The Morgan fingerprint density at radius 3 is 2.75 bits per heavy atom. The molecule has 3 nitrogen and oxygen atoms in total. The van der Waals surface area contributed by atoms with E-state index in [9.17, 15) is 10.2 Å². The van der Waals surface area contributed by atoms with E-state index >= 15 is 0 Å². The van der Waals surface area contributed by atoms with E-state index in [1.165, 1.54) is 6.42 Å². The zero-order valence-electron chi connectivity index (χ0n) is 11.6. The van der Waals surface area contributed by atoms with Crippen molar-refractivity contribution in [2.75, 3.05) is 0 Å². The van der Waals surface area contributed by atoms with Crippen molar-refractivity contribution in [2.24, 2.45) is 0 Å². The second-order valence-electron chi connectivity index (χ2n) is 5.55. The van der Waals surface area contributed by atoms with E-state index in [-0.39, 0.29) is 6.42 Å². The van der Waals surface area contributed by atoms with Gasteiger partial charge < -0.3 is 10.2 Å². The molecule has 1 aromatic carbocycles. The molecule has 0 radical (unpaired) electrons. The third-order valence-corrected chi connectivity index (χ3v) is 3.89. The van der Waals surface area contributed by atoms with Crippen LogP contribution in [0.3, 0.4) is 0 Å². The Morgan fingerprint density at radius 1 is 1.30 bits per heavy atom. The summed E-state index contributed by atoms with van der Waals surface area (Å²) in [6.07, 6.45) is 8.12. The average molecular weight is 271 g/mol. The summed E-state index contributed by atoms with van der Waals surface area (Å²) in [5.74, 6) is 0. The molecule has 1 unspecified atom stereocenters. The molecule has 1 fully saturated rings. The number of benzene rings is 1. The van der Waals surface area contributed by atoms with Gasteiger partial charge in [-0.1, -0.05) is 49.6 Å². The van der Waals surface area contributed by atoms with Gasteiger partial charge in [-0.3, -0.25) is 0 Å². The summed E-state index contributed by atoms with van der Waals surface area (Å²) in [7, 11) is 0. The van der Waals surface area contributed by atoms with Crippen LogP contribution in [0.25, 0.3) is 6.08 Å². The van der Waals surface area contributed by atoms with Crippen molar-refractivity contribution in [1.82, 2.24) is 0 Å². The van der Waals surface area contributed by atoms with Crippen molar-refractivity contribution in [3.63, 3.8) is 0 Å². The maximum Gasteiger partial charge on any atom is 0.0920 e. The molecule has 1 atom stereocenters. The van der Waals surface area contributed by atoms with Crippen LogP contribution in [0.5, 0.6) is 0 Å². The summed E-state index contributed by atoms with van der Waals surface area (Å²) in [6.45, 7) is 0. The van der Waals surface area contributed by atoms with Gasteiger partial charge in [-0.05, 0) is 30.0 Å². The fourth-order valence-corrected chi connectivity index (χ4v) is 2.66. The van der Waals surface area contributed by atoms with Crippen molar-refractivity contribution >= 4 is 6.08 Å². The van der Waals surface area contributed by atoms with Crippen LogP contribution in [0.15, 0.2) is 30.3 Å². The molecule has 1 saturated carbocycles. The van der Waals surface area contributed by atoms with Gasteiger partial charge in [-0.2, -0.15) is 5.26 Å². The molecule has 0 aliphatic heterocycles. The molecule has 2 rings (SSSR count). The van der Waals surface area contributed by atoms with Gasteiger partial charge in [0.05, 0.1) is 24.2 Å². The monoisotopic (exact) mass is 271 g/mol. The second-order valence-corrected chi connectivity index (χ2v) is 5.55. The molecule has 1 aliphatic carbocycles. The van der Waals surface area contributed by atoms with Crippen LogP contribution in [-0.2, 0) is 0 Å². The summed E-state index contributed by atoms with van der Waals surface area (Å²) in [5, 5.41) is 28.9. The molecule has 3 heteroatoms. The molecular weight excluding hydrogens is 250 g/mol. The van der Waals surface area contributed by atoms with Gasteiger partial charge in [0.2, 0.25) is 0 Å². The van der Waals surface area contributed by atoms with Crippen molar-refractivity contribution in [1.29, 1.82) is 5.26 Å². The Morgan fingerprint density at radius 2 is 2.05 bits per heavy atom. The molecule has 2 N–H and O–H groups in total. The molecule has 20 heavy (non-hydrogen) atoms. The number of hydrogen-bond donors (Lipinski definition) is 2. The third-order valence-electron chi connectivity index (χ3n) is 3.89. The summed E-state index contributed by atoms with van der Waals surface area (Å²) in [4.78, 5) is 0. The van der Waals surface area contributed by atoms with Gasteiger partial charge in [-0.25, -0.2) is 0 Å². The van der Waals surface area contributed by atoms with Crippen LogP contribution >= 0.6 is 0 Å². The molecule has 1 aromatic rings. The summed E-state index contributed by atoms with van der Waals surface area (Å²) < 4.78 is 0. The van der Waals surface area contributed by atoms with Crippen LogP contribution in [0.4, 0.5) is 0 Å². The number of nitrogens with zero attached hydrogens (tertiary/aromatic N) is 1. The third kappa shape index (κ3) is 3.93. The molecule has 0 spiro atoms. The molecule has 0 aromatic heterocycles. The van der Waals surface area contributed by atoms with Crippen molar-refractivity contribution in [3.05, 3.63) is 41.5 Å². The predicted octanol–water partition coefficient (Wildman–Crippen LogP) is 3.34. The summed E-state index contributed by atoms with van der Waals surface area (Å²) in [5.41, 5.74) is 1.00. The lowest BCUT2D eigenvalue weighted by atomic mass is 9.84. The van der Waals surface area contributed by atoms with E-state index in [1.54, 1.807) is 0 Å². The fourth-order valence-electron chi connectivity index (χ4n) is 2.66.